The van der Waals surface area contributed by atoms with E-state index >= 15 is 0 Å². The number of benzene rings is 1. The molecule has 0 aliphatic carbocycles. The van der Waals surface area contributed by atoms with Crippen molar-refractivity contribution in [1.82, 2.24) is 9.80 Å². The van der Waals surface area contributed by atoms with Gasteiger partial charge in [-0.3, -0.25) is 14.5 Å². The topological polar surface area (TPSA) is 40.6 Å². The molecule has 1 heterocycles. The third-order valence-corrected chi connectivity index (χ3v) is 3.45. The zero-order valence-electron chi connectivity index (χ0n) is 11.6. The van der Waals surface area contributed by atoms with Crippen LogP contribution >= 0.6 is 0 Å². The Balaban J connectivity index is 1.88. The standard InChI is InChI=1S/C15H19FN2O2/c1-17(11-15(20)18-8-4-5-9-18)10-14(19)12-6-2-3-7-13(12)16/h2-3,6-7H,4-5,8-11H2,1H3. The summed E-state index contributed by atoms with van der Waals surface area (Å²) in [4.78, 5) is 27.4. The number of hydrogen-bond donors (Lipinski definition) is 0. The Hall–Kier alpha value is -1.75. The highest BCUT2D eigenvalue weighted by atomic mass is 19.1. The average Bonchev–Trinajstić information content (AvgIpc) is 2.92. The molecule has 1 aliphatic heterocycles. The molecule has 0 radical (unpaired) electrons. The normalized spacial score (nSPS) is 14.8. The van der Waals surface area contributed by atoms with Gasteiger partial charge in [-0.1, -0.05) is 12.1 Å². The summed E-state index contributed by atoms with van der Waals surface area (Å²) < 4.78 is 13.5. The molecule has 0 saturated carbocycles. The van der Waals surface area contributed by atoms with Gasteiger partial charge in [-0.25, -0.2) is 4.39 Å². The third kappa shape index (κ3) is 3.63. The number of hydrogen-bond acceptors (Lipinski definition) is 3. The molecule has 108 valence electrons. The molecule has 2 rings (SSSR count). The third-order valence-electron chi connectivity index (χ3n) is 3.45. The molecule has 1 aromatic rings. The molecule has 1 fully saturated rings. The van der Waals surface area contributed by atoms with Gasteiger partial charge in [0, 0.05) is 13.1 Å². The Labute approximate surface area is 118 Å². The summed E-state index contributed by atoms with van der Waals surface area (Å²) in [6.45, 7) is 1.84. The van der Waals surface area contributed by atoms with Crippen molar-refractivity contribution in [3.8, 4) is 0 Å². The van der Waals surface area contributed by atoms with Crippen LogP contribution in [0.2, 0.25) is 0 Å². The van der Waals surface area contributed by atoms with Gasteiger partial charge in [0.25, 0.3) is 0 Å². The van der Waals surface area contributed by atoms with Gasteiger partial charge in [0.05, 0.1) is 18.7 Å². The van der Waals surface area contributed by atoms with E-state index < -0.39 is 5.82 Å². The second-order valence-electron chi connectivity index (χ2n) is 5.16. The van der Waals surface area contributed by atoms with Crippen molar-refractivity contribution in [2.24, 2.45) is 0 Å². The number of likely N-dealkylation sites (N-methyl/N-ethyl adjacent to an activating group) is 1. The van der Waals surface area contributed by atoms with Crippen LogP contribution in [0.5, 0.6) is 0 Å². The van der Waals surface area contributed by atoms with Crippen molar-refractivity contribution in [2.45, 2.75) is 12.8 Å². The van der Waals surface area contributed by atoms with Crippen LogP contribution in [0.4, 0.5) is 4.39 Å². The van der Waals surface area contributed by atoms with Gasteiger partial charge in [-0.15, -0.1) is 0 Å². The Bertz CT molecular complexity index is 498. The van der Waals surface area contributed by atoms with E-state index in [1.807, 2.05) is 4.90 Å². The Kier molecular flexibility index (Phi) is 4.84. The first-order valence-corrected chi connectivity index (χ1v) is 6.82. The maximum Gasteiger partial charge on any atom is 0.236 e. The number of amides is 1. The molecule has 1 aliphatic rings. The lowest BCUT2D eigenvalue weighted by Gasteiger charge is -2.20. The molecule has 4 nitrogen and oxygen atoms in total. The molecule has 0 bridgehead atoms. The number of carbonyl (C=O) groups is 2. The second-order valence-corrected chi connectivity index (χ2v) is 5.16. The van der Waals surface area contributed by atoms with Crippen LogP contribution < -0.4 is 0 Å². The van der Waals surface area contributed by atoms with E-state index in [2.05, 4.69) is 0 Å². The van der Waals surface area contributed by atoms with E-state index in [0.29, 0.717) is 0 Å². The quantitative estimate of drug-likeness (QED) is 0.768. The van der Waals surface area contributed by atoms with Gasteiger partial charge in [-0.2, -0.15) is 0 Å². The number of rotatable bonds is 5. The van der Waals surface area contributed by atoms with Gasteiger partial charge < -0.3 is 4.90 Å². The fourth-order valence-electron chi connectivity index (χ4n) is 2.37. The van der Waals surface area contributed by atoms with E-state index in [-0.39, 0.29) is 30.3 Å². The minimum Gasteiger partial charge on any atom is -0.342 e. The smallest absolute Gasteiger partial charge is 0.236 e. The van der Waals surface area contributed by atoms with Crippen LogP contribution in [0.25, 0.3) is 0 Å². The van der Waals surface area contributed by atoms with Gasteiger partial charge >= 0.3 is 0 Å². The van der Waals surface area contributed by atoms with Gasteiger partial charge in [0.15, 0.2) is 5.78 Å². The fraction of sp³-hybridized carbons (Fsp3) is 0.467. The Morgan fingerprint density at radius 3 is 2.50 bits per heavy atom. The van der Waals surface area contributed by atoms with E-state index in [0.717, 1.165) is 25.9 Å². The number of halogens is 1. The van der Waals surface area contributed by atoms with Crippen LogP contribution in [-0.2, 0) is 4.79 Å². The van der Waals surface area contributed by atoms with Gasteiger partial charge in [-0.05, 0) is 32.0 Å². The summed E-state index contributed by atoms with van der Waals surface area (Å²) in [7, 11) is 1.70. The van der Waals surface area contributed by atoms with E-state index in [1.54, 1.807) is 24.1 Å². The lowest BCUT2D eigenvalue weighted by Crippen LogP contribution is -2.39. The summed E-state index contributed by atoms with van der Waals surface area (Å²) >= 11 is 0. The molecular formula is C15H19FN2O2. The fourth-order valence-corrected chi connectivity index (χ4v) is 2.37. The minimum absolute atomic E-state index is 0.0336. The first-order chi connectivity index (χ1) is 9.58. The molecule has 20 heavy (non-hydrogen) atoms. The van der Waals surface area contributed by atoms with Crippen molar-refractivity contribution in [3.05, 3.63) is 35.6 Å². The lowest BCUT2D eigenvalue weighted by molar-refractivity contribution is -0.130. The van der Waals surface area contributed by atoms with Gasteiger partial charge in [0.2, 0.25) is 5.91 Å². The monoisotopic (exact) mass is 278 g/mol. The zero-order valence-corrected chi connectivity index (χ0v) is 11.6. The molecular weight excluding hydrogens is 259 g/mol. The number of Topliss-reactive ketones (excluding diaryl/α,β-unsaturated/α-hetero) is 1. The number of carbonyl (C=O) groups excluding carboxylic acids is 2. The Morgan fingerprint density at radius 1 is 1.20 bits per heavy atom. The summed E-state index contributed by atoms with van der Waals surface area (Å²) in [5, 5.41) is 0. The van der Waals surface area contributed by atoms with E-state index in [1.165, 1.54) is 12.1 Å². The molecule has 0 atom stereocenters. The van der Waals surface area contributed by atoms with Crippen molar-refractivity contribution in [1.29, 1.82) is 0 Å². The van der Waals surface area contributed by atoms with Crippen LogP contribution in [0.1, 0.15) is 23.2 Å². The molecule has 0 N–H and O–H groups in total. The highest BCUT2D eigenvalue weighted by Crippen LogP contribution is 2.09. The highest BCUT2D eigenvalue weighted by molar-refractivity contribution is 5.98. The zero-order chi connectivity index (χ0) is 14.5. The largest absolute Gasteiger partial charge is 0.342 e. The molecule has 1 saturated heterocycles. The van der Waals surface area contributed by atoms with Crippen LogP contribution in [0.3, 0.4) is 0 Å². The Morgan fingerprint density at radius 2 is 1.85 bits per heavy atom. The number of ketones is 1. The predicted molar refractivity (Wildman–Crippen MR) is 74.0 cm³/mol. The summed E-state index contributed by atoms with van der Waals surface area (Å²) in [6, 6.07) is 5.91. The molecule has 5 heteroatoms. The first-order valence-electron chi connectivity index (χ1n) is 6.82. The van der Waals surface area contributed by atoms with Crippen molar-refractivity contribution in [3.63, 3.8) is 0 Å². The van der Waals surface area contributed by atoms with Crippen molar-refractivity contribution >= 4 is 11.7 Å². The summed E-state index contributed by atoms with van der Waals surface area (Å²) in [5.41, 5.74) is 0.0768. The van der Waals surface area contributed by atoms with Crippen LogP contribution in [0.15, 0.2) is 24.3 Å². The van der Waals surface area contributed by atoms with Crippen LogP contribution in [0, 0.1) is 5.82 Å². The lowest BCUT2D eigenvalue weighted by atomic mass is 10.1. The maximum absolute atomic E-state index is 13.5. The predicted octanol–water partition coefficient (Wildman–Crippen LogP) is 1.56. The minimum atomic E-state index is -0.517. The first kappa shape index (κ1) is 14.7. The van der Waals surface area contributed by atoms with Gasteiger partial charge in [0.1, 0.15) is 5.82 Å². The summed E-state index contributed by atoms with van der Waals surface area (Å²) in [6.07, 6.45) is 2.09. The SMILES string of the molecule is CN(CC(=O)c1ccccc1F)CC(=O)N1CCCC1. The molecule has 0 aromatic heterocycles. The average molecular weight is 278 g/mol. The van der Waals surface area contributed by atoms with Crippen molar-refractivity contribution < 1.29 is 14.0 Å². The summed E-state index contributed by atoms with van der Waals surface area (Å²) in [5.74, 6) is -0.789. The van der Waals surface area contributed by atoms with Crippen LogP contribution in [-0.4, -0.2) is 54.7 Å². The second kappa shape index (κ2) is 6.61. The number of nitrogens with zero attached hydrogens (tertiary/aromatic N) is 2. The number of likely N-dealkylation sites (tertiary alicyclic amines) is 1. The van der Waals surface area contributed by atoms with E-state index in [9.17, 15) is 14.0 Å². The maximum atomic E-state index is 13.5. The van der Waals surface area contributed by atoms with Crippen molar-refractivity contribution in [2.75, 3.05) is 33.2 Å². The van der Waals surface area contributed by atoms with E-state index in [4.69, 9.17) is 0 Å². The molecule has 1 amide bonds. The highest BCUT2D eigenvalue weighted by Gasteiger charge is 2.20. The molecule has 1 aromatic carbocycles. The molecule has 0 spiro atoms. The molecule has 0 unspecified atom stereocenters.